The van der Waals surface area contributed by atoms with Crippen molar-refractivity contribution in [1.82, 2.24) is 0 Å². The number of halogens is 1. The second-order valence-electron chi connectivity index (χ2n) is 2.88. The highest BCUT2D eigenvalue weighted by molar-refractivity contribution is 14.1. The summed E-state index contributed by atoms with van der Waals surface area (Å²) in [5, 5.41) is 9.61. The van der Waals surface area contributed by atoms with Crippen LogP contribution in [0.1, 0.15) is 16.8 Å². The number of rotatable bonds is 4. The normalized spacial score (nSPS) is 10.0. The van der Waals surface area contributed by atoms with Crippen LogP contribution >= 0.6 is 22.6 Å². The molecule has 0 aliphatic heterocycles. The molecule has 1 aromatic rings. The number of phenolic OH excluding ortho intramolecular Hbond substituents is 1. The highest BCUT2D eigenvalue weighted by Crippen LogP contribution is 2.24. The maximum absolute atomic E-state index is 11.5. The number of hydrogen-bond acceptors (Lipinski definition) is 3. The monoisotopic (exact) mass is 333 g/mol. The van der Waals surface area contributed by atoms with Gasteiger partial charge in [0.1, 0.15) is 11.3 Å². The summed E-state index contributed by atoms with van der Waals surface area (Å²) in [5.41, 5.74) is 0.218. The number of carbonyl (C=O) groups excluding carboxylic acids is 1. The van der Waals surface area contributed by atoms with Gasteiger partial charge in [0, 0.05) is 10.2 Å². The van der Waals surface area contributed by atoms with Crippen LogP contribution in [0.4, 0.5) is 0 Å². The van der Waals surface area contributed by atoms with Crippen LogP contribution in [0.5, 0.6) is 5.75 Å². The zero-order valence-corrected chi connectivity index (χ0v) is 11.2. The summed E-state index contributed by atoms with van der Waals surface area (Å²) in [4.78, 5) is 11.5. The van der Waals surface area contributed by atoms with Crippen LogP contribution in [-0.2, 0) is 4.74 Å². The topological polar surface area (TPSA) is 46.5 Å². The number of benzene rings is 1. The van der Waals surface area contributed by atoms with Gasteiger partial charge in [-0.25, -0.2) is 4.79 Å². The zero-order chi connectivity index (χ0) is 11.3. The van der Waals surface area contributed by atoms with Gasteiger partial charge < -0.3 is 9.84 Å². The van der Waals surface area contributed by atoms with E-state index in [1.165, 1.54) is 0 Å². The van der Waals surface area contributed by atoms with Crippen LogP contribution in [-0.4, -0.2) is 27.9 Å². The smallest absolute Gasteiger partial charge is 0.341 e. The molecule has 1 aromatic carbocycles. The van der Waals surface area contributed by atoms with Crippen molar-refractivity contribution in [1.29, 1.82) is 0 Å². The van der Waals surface area contributed by atoms with Crippen LogP contribution in [0.15, 0.2) is 18.2 Å². The lowest BCUT2D eigenvalue weighted by Gasteiger charge is -2.06. The first-order valence-electron chi connectivity index (χ1n) is 4.46. The summed E-state index contributed by atoms with van der Waals surface area (Å²) >= 11 is 1.96. The Morgan fingerprint density at radius 1 is 1.53 bits per heavy atom. The minimum atomic E-state index is -0.480. The fourth-order valence-electron chi connectivity index (χ4n) is 0.995. The number of aromatic hydroxyl groups is 1. The summed E-state index contributed by atoms with van der Waals surface area (Å²) in [6, 6.07) is 5.77. The fourth-order valence-corrected chi connectivity index (χ4v) is 1.64. The Balaban J connectivity index is 2.69. The van der Waals surface area contributed by atoms with Crippen molar-refractivity contribution in [3.63, 3.8) is 0 Å². The number of esters is 1. The maximum atomic E-state index is 11.5. The molecular formula is C10H10IO3Si. The van der Waals surface area contributed by atoms with Crippen LogP contribution in [0.3, 0.4) is 0 Å². The van der Waals surface area contributed by atoms with E-state index >= 15 is 0 Å². The van der Waals surface area contributed by atoms with E-state index in [0.29, 0.717) is 10.2 Å². The molecule has 0 aromatic heterocycles. The van der Waals surface area contributed by atoms with Crippen molar-refractivity contribution < 1.29 is 14.6 Å². The second kappa shape index (κ2) is 6.11. The lowest BCUT2D eigenvalue weighted by molar-refractivity contribution is 0.0502. The van der Waals surface area contributed by atoms with Crippen molar-refractivity contribution in [3.8, 4) is 5.75 Å². The lowest BCUT2D eigenvalue weighted by atomic mass is 10.2. The van der Waals surface area contributed by atoms with Gasteiger partial charge in [-0.05, 0) is 41.1 Å². The average molecular weight is 333 g/mol. The molecule has 0 saturated heterocycles. The van der Waals surface area contributed by atoms with E-state index in [0.717, 1.165) is 12.5 Å². The standard InChI is InChI=1S/C10H10IO3Si/c11-8-4-1-3-7(9(8)12)10(13)14-5-2-6-15/h1,3-4,12H,2,5-6H2. The van der Waals surface area contributed by atoms with E-state index in [4.69, 9.17) is 4.74 Å². The SMILES string of the molecule is O=C(OCCC[Si])c1cccc(I)c1O. The molecule has 3 radical (unpaired) electrons. The molecule has 15 heavy (non-hydrogen) atoms. The quantitative estimate of drug-likeness (QED) is 0.397. The largest absolute Gasteiger partial charge is 0.506 e. The molecule has 79 valence electrons. The number of carbonyl (C=O) groups is 1. The average Bonchev–Trinajstić information content (AvgIpc) is 2.22. The molecule has 0 spiro atoms. The number of phenols is 1. The number of hydrogen-bond donors (Lipinski definition) is 1. The van der Waals surface area contributed by atoms with Gasteiger partial charge >= 0.3 is 5.97 Å². The summed E-state index contributed by atoms with van der Waals surface area (Å²) in [7, 11) is 3.28. The van der Waals surface area contributed by atoms with Gasteiger partial charge in [0.05, 0.1) is 10.2 Å². The van der Waals surface area contributed by atoms with Crippen molar-refractivity contribution in [2.45, 2.75) is 12.5 Å². The minimum Gasteiger partial charge on any atom is -0.506 e. The molecule has 0 aliphatic rings. The van der Waals surface area contributed by atoms with E-state index < -0.39 is 5.97 Å². The maximum Gasteiger partial charge on any atom is 0.341 e. The molecule has 0 amide bonds. The molecule has 0 bridgehead atoms. The number of ether oxygens (including phenoxy) is 1. The van der Waals surface area contributed by atoms with Crippen LogP contribution in [0.2, 0.25) is 6.04 Å². The predicted molar refractivity (Wildman–Crippen MR) is 66.3 cm³/mol. The van der Waals surface area contributed by atoms with Crippen LogP contribution < -0.4 is 0 Å². The van der Waals surface area contributed by atoms with Gasteiger partial charge in [0.2, 0.25) is 0 Å². The summed E-state index contributed by atoms with van der Waals surface area (Å²) in [6.07, 6.45) is 0.757. The fraction of sp³-hybridized carbons (Fsp3) is 0.300. The first-order valence-corrected chi connectivity index (χ1v) is 6.24. The third kappa shape index (κ3) is 3.49. The van der Waals surface area contributed by atoms with Gasteiger partial charge in [-0.3, -0.25) is 0 Å². The lowest BCUT2D eigenvalue weighted by Crippen LogP contribution is -2.07. The molecule has 5 heteroatoms. The second-order valence-corrected chi connectivity index (χ2v) is 4.54. The highest BCUT2D eigenvalue weighted by Gasteiger charge is 2.13. The Bertz CT molecular complexity index is 355. The molecule has 0 aliphatic carbocycles. The molecule has 0 fully saturated rings. The van der Waals surface area contributed by atoms with Gasteiger partial charge in [-0.2, -0.15) is 0 Å². The van der Waals surface area contributed by atoms with Crippen LogP contribution in [0, 0.1) is 3.57 Å². The van der Waals surface area contributed by atoms with Crippen molar-refractivity contribution in [2.75, 3.05) is 6.61 Å². The Morgan fingerprint density at radius 3 is 2.93 bits per heavy atom. The molecule has 0 saturated carbocycles. The Labute approximate surface area is 105 Å². The van der Waals surface area contributed by atoms with Crippen LogP contribution in [0.25, 0.3) is 0 Å². The Morgan fingerprint density at radius 2 is 2.27 bits per heavy atom. The first-order chi connectivity index (χ1) is 7.16. The predicted octanol–water partition coefficient (Wildman–Crippen LogP) is 2.13. The van der Waals surface area contributed by atoms with Crippen molar-refractivity contribution in [2.24, 2.45) is 0 Å². The summed E-state index contributed by atoms with van der Waals surface area (Å²) in [6.45, 7) is 0.354. The van der Waals surface area contributed by atoms with Gasteiger partial charge in [0.15, 0.2) is 0 Å². The molecule has 1 rings (SSSR count). The van der Waals surface area contributed by atoms with E-state index in [2.05, 4.69) is 10.2 Å². The molecule has 1 N–H and O–H groups in total. The highest BCUT2D eigenvalue weighted by atomic mass is 127. The Kier molecular flexibility index (Phi) is 5.10. The molecular weight excluding hydrogens is 323 g/mol. The minimum absolute atomic E-state index is 0.0125. The third-order valence-electron chi connectivity index (χ3n) is 1.76. The molecule has 3 nitrogen and oxygen atoms in total. The van der Waals surface area contributed by atoms with Crippen molar-refractivity contribution >= 4 is 38.8 Å². The van der Waals surface area contributed by atoms with Gasteiger partial charge in [-0.15, -0.1) is 0 Å². The van der Waals surface area contributed by atoms with E-state index in [9.17, 15) is 9.90 Å². The number of para-hydroxylation sites is 1. The van der Waals surface area contributed by atoms with Crippen molar-refractivity contribution in [3.05, 3.63) is 27.3 Å². The molecule has 0 unspecified atom stereocenters. The molecule has 0 heterocycles. The van der Waals surface area contributed by atoms with Gasteiger partial charge in [-0.1, -0.05) is 12.1 Å². The summed E-state index contributed by atoms with van der Waals surface area (Å²) < 4.78 is 5.61. The summed E-state index contributed by atoms with van der Waals surface area (Å²) in [5.74, 6) is -0.493. The van der Waals surface area contributed by atoms with Gasteiger partial charge in [0.25, 0.3) is 0 Å². The first kappa shape index (κ1) is 12.5. The Hall–Kier alpha value is -0.563. The van der Waals surface area contributed by atoms with E-state index in [1.807, 2.05) is 22.6 Å². The zero-order valence-electron chi connectivity index (χ0n) is 8.00. The van der Waals surface area contributed by atoms with E-state index in [1.54, 1.807) is 18.2 Å². The third-order valence-corrected chi connectivity index (χ3v) is 2.99. The van der Waals surface area contributed by atoms with E-state index in [-0.39, 0.29) is 11.3 Å². The molecule has 0 atom stereocenters.